The molecular weight excluding hydrogens is 208 g/mol. The summed E-state index contributed by atoms with van der Waals surface area (Å²) in [5.74, 6) is -0.937. The van der Waals surface area contributed by atoms with E-state index >= 15 is 0 Å². The van der Waals surface area contributed by atoms with Crippen molar-refractivity contribution in [2.45, 2.75) is 13.8 Å². The van der Waals surface area contributed by atoms with Gasteiger partial charge in [0.15, 0.2) is 0 Å². The van der Waals surface area contributed by atoms with Gasteiger partial charge in [-0.2, -0.15) is 4.39 Å². The number of hydrogen-bond acceptors (Lipinski definition) is 1. The molecule has 0 aliphatic rings. The van der Waals surface area contributed by atoms with Crippen molar-refractivity contribution in [3.63, 3.8) is 0 Å². The van der Waals surface area contributed by atoms with Crippen molar-refractivity contribution in [2.75, 3.05) is 0 Å². The number of aryl methyl sites for hydroxylation is 2. The van der Waals surface area contributed by atoms with Crippen LogP contribution < -0.4 is 0 Å². The summed E-state index contributed by atoms with van der Waals surface area (Å²) in [6.45, 7) is 3.42. The van der Waals surface area contributed by atoms with Crippen LogP contribution in [0.2, 0.25) is 0 Å². The van der Waals surface area contributed by atoms with Crippen LogP contribution >= 0.6 is 0 Å². The molecule has 0 amide bonds. The third-order valence-corrected chi connectivity index (χ3v) is 2.44. The predicted molar refractivity (Wildman–Crippen MR) is 59.1 cm³/mol. The van der Waals surface area contributed by atoms with Gasteiger partial charge in [-0.05, 0) is 37.6 Å². The van der Waals surface area contributed by atoms with E-state index in [1.807, 2.05) is 0 Å². The molecule has 2 rings (SSSR count). The van der Waals surface area contributed by atoms with E-state index in [-0.39, 0.29) is 5.82 Å². The minimum atomic E-state index is -0.558. The largest absolute Gasteiger partial charge is 0.219 e. The van der Waals surface area contributed by atoms with Crippen molar-refractivity contribution in [1.82, 2.24) is 4.98 Å². The molecule has 0 N–H and O–H groups in total. The van der Waals surface area contributed by atoms with Crippen molar-refractivity contribution in [3.8, 4) is 11.3 Å². The Labute approximate surface area is 92.8 Å². The van der Waals surface area contributed by atoms with Gasteiger partial charge < -0.3 is 0 Å². The summed E-state index contributed by atoms with van der Waals surface area (Å²) in [6.07, 6.45) is 0. The fourth-order valence-electron chi connectivity index (χ4n) is 1.48. The molecule has 1 aromatic heterocycles. The van der Waals surface area contributed by atoms with Gasteiger partial charge >= 0.3 is 0 Å². The molecule has 3 heteroatoms. The highest BCUT2D eigenvalue weighted by Gasteiger charge is 2.08. The van der Waals surface area contributed by atoms with Gasteiger partial charge in [0.25, 0.3) is 0 Å². The molecular formula is C13H11F2N. The van der Waals surface area contributed by atoms with Crippen LogP contribution in [-0.4, -0.2) is 4.98 Å². The smallest absolute Gasteiger partial charge is 0.216 e. The Balaban J connectivity index is 2.54. The number of nitrogens with zero attached hydrogens (tertiary/aromatic N) is 1. The SMILES string of the molecule is Cc1ccc(-c2ccc(C)c(F)n2)c(F)c1. The zero-order valence-electron chi connectivity index (χ0n) is 9.09. The normalized spacial score (nSPS) is 10.5. The molecule has 0 spiro atoms. The molecule has 0 radical (unpaired) electrons. The van der Waals surface area contributed by atoms with Crippen molar-refractivity contribution in [1.29, 1.82) is 0 Å². The fraction of sp³-hybridized carbons (Fsp3) is 0.154. The maximum atomic E-state index is 13.6. The first-order chi connectivity index (χ1) is 7.58. The Kier molecular flexibility index (Phi) is 2.69. The zero-order chi connectivity index (χ0) is 11.7. The van der Waals surface area contributed by atoms with Gasteiger partial charge in [-0.25, -0.2) is 9.37 Å². The third-order valence-electron chi connectivity index (χ3n) is 2.44. The summed E-state index contributed by atoms with van der Waals surface area (Å²) in [5, 5.41) is 0. The molecule has 82 valence electrons. The molecule has 0 bridgehead atoms. The average Bonchev–Trinajstić information content (AvgIpc) is 2.22. The predicted octanol–water partition coefficient (Wildman–Crippen LogP) is 3.64. The molecule has 0 saturated heterocycles. The molecule has 1 aromatic carbocycles. The maximum Gasteiger partial charge on any atom is 0.216 e. The highest BCUT2D eigenvalue weighted by atomic mass is 19.1. The Morgan fingerprint density at radius 2 is 1.75 bits per heavy atom. The van der Waals surface area contributed by atoms with Gasteiger partial charge in [-0.3, -0.25) is 0 Å². The molecule has 1 nitrogen and oxygen atoms in total. The first-order valence-electron chi connectivity index (χ1n) is 4.97. The minimum absolute atomic E-state index is 0.320. The fourth-order valence-corrected chi connectivity index (χ4v) is 1.48. The van der Waals surface area contributed by atoms with Crippen molar-refractivity contribution in [2.24, 2.45) is 0 Å². The van der Waals surface area contributed by atoms with E-state index in [0.29, 0.717) is 16.8 Å². The lowest BCUT2D eigenvalue weighted by Gasteiger charge is -2.04. The molecule has 0 aliphatic carbocycles. The standard InChI is InChI=1S/C13H11F2N/c1-8-3-5-10(11(14)7-8)12-6-4-9(2)13(15)16-12/h3-7H,1-2H3. The van der Waals surface area contributed by atoms with Crippen LogP contribution in [0.15, 0.2) is 30.3 Å². The Hall–Kier alpha value is -1.77. The van der Waals surface area contributed by atoms with Crippen LogP contribution in [0.4, 0.5) is 8.78 Å². The topological polar surface area (TPSA) is 12.9 Å². The second-order valence-corrected chi connectivity index (χ2v) is 3.79. The molecule has 0 aliphatic heterocycles. The minimum Gasteiger partial charge on any atom is -0.219 e. The molecule has 0 fully saturated rings. The highest BCUT2D eigenvalue weighted by molar-refractivity contribution is 5.60. The summed E-state index contributed by atoms with van der Waals surface area (Å²) in [5.41, 5.74) is 1.93. The van der Waals surface area contributed by atoms with Crippen molar-refractivity contribution >= 4 is 0 Å². The third kappa shape index (κ3) is 1.94. The number of halogens is 2. The number of pyridine rings is 1. The van der Waals surface area contributed by atoms with E-state index in [4.69, 9.17) is 0 Å². The molecule has 2 aromatic rings. The lowest BCUT2D eigenvalue weighted by Crippen LogP contribution is -1.93. The van der Waals surface area contributed by atoms with Crippen LogP contribution in [0.3, 0.4) is 0 Å². The summed E-state index contributed by atoms with van der Waals surface area (Å²) < 4.78 is 26.8. The van der Waals surface area contributed by atoms with E-state index < -0.39 is 5.95 Å². The first kappa shape index (κ1) is 10.7. The van der Waals surface area contributed by atoms with Gasteiger partial charge in [0.1, 0.15) is 5.82 Å². The molecule has 0 unspecified atom stereocenters. The summed E-state index contributed by atoms with van der Waals surface area (Å²) in [4.78, 5) is 3.73. The van der Waals surface area contributed by atoms with Gasteiger partial charge in [0, 0.05) is 11.1 Å². The average molecular weight is 219 g/mol. The molecule has 16 heavy (non-hydrogen) atoms. The lowest BCUT2D eigenvalue weighted by atomic mass is 10.1. The van der Waals surface area contributed by atoms with Gasteiger partial charge in [-0.1, -0.05) is 12.1 Å². The maximum absolute atomic E-state index is 13.6. The van der Waals surface area contributed by atoms with Gasteiger partial charge in [0.05, 0.1) is 5.69 Å². The van der Waals surface area contributed by atoms with E-state index in [9.17, 15) is 8.78 Å². The first-order valence-corrected chi connectivity index (χ1v) is 4.97. The summed E-state index contributed by atoms with van der Waals surface area (Å²) in [6, 6.07) is 8.01. The van der Waals surface area contributed by atoms with Crippen LogP contribution in [-0.2, 0) is 0 Å². The zero-order valence-corrected chi connectivity index (χ0v) is 9.09. The van der Waals surface area contributed by atoms with Crippen LogP contribution in [0.1, 0.15) is 11.1 Å². The lowest BCUT2D eigenvalue weighted by molar-refractivity contribution is 0.574. The number of hydrogen-bond donors (Lipinski definition) is 0. The molecule has 0 atom stereocenters. The summed E-state index contributed by atoms with van der Waals surface area (Å²) >= 11 is 0. The van der Waals surface area contributed by atoms with E-state index in [1.165, 1.54) is 6.07 Å². The number of aromatic nitrogens is 1. The van der Waals surface area contributed by atoms with Crippen molar-refractivity contribution < 1.29 is 8.78 Å². The molecule has 1 heterocycles. The van der Waals surface area contributed by atoms with Gasteiger partial charge in [0.2, 0.25) is 5.95 Å². The summed E-state index contributed by atoms with van der Waals surface area (Å²) in [7, 11) is 0. The second-order valence-electron chi connectivity index (χ2n) is 3.79. The molecule has 0 saturated carbocycles. The van der Waals surface area contributed by atoms with E-state index in [0.717, 1.165) is 5.56 Å². The van der Waals surface area contributed by atoms with Crippen LogP contribution in [0, 0.1) is 25.6 Å². The van der Waals surface area contributed by atoms with Crippen LogP contribution in [0.5, 0.6) is 0 Å². The Morgan fingerprint density at radius 1 is 1.00 bits per heavy atom. The highest BCUT2D eigenvalue weighted by Crippen LogP contribution is 2.22. The number of benzene rings is 1. The van der Waals surface area contributed by atoms with E-state index in [2.05, 4.69) is 4.98 Å². The van der Waals surface area contributed by atoms with Crippen LogP contribution in [0.25, 0.3) is 11.3 Å². The Morgan fingerprint density at radius 3 is 2.38 bits per heavy atom. The number of rotatable bonds is 1. The van der Waals surface area contributed by atoms with Gasteiger partial charge in [-0.15, -0.1) is 0 Å². The van der Waals surface area contributed by atoms with Crippen molar-refractivity contribution in [3.05, 3.63) is 53.2 Å². The Bertz CT molecular complexity index is 535. The van der Waals surface area contributed by atoms with E-state index in [1.54, 1.807) is 38.1 Å². The second kappa shape index (κ2) is 4.00. The quantitative estimate of drug-likeness (QED) is 0.667. The monoisotopic (exact) mass is 219 g/mol.